The molecule has 0 atom stereocenters. The number of aryl methyl sites for hydroxylation is 2. The fourth-order valence-electron chi connectivity index (χ4n) is 4.70. The van der Waals surface area contributed by atoms with Gasteiger partial charge < -0.3 is 9.84 Å². The van der Waals surface area contributed by atoms with E-state index in [9.17, 15) is 9.59 Å². The number of aromatic carboxylic acids is 1. The molecular formula is C33H32Cl2N6O4. The molecule has 4 aromatic heterocycles. The second-order valence-corrected chi connectivity index (χ2v) is 10.9. The van der Waals surface area contributed by atoms with Gasteiger partial charge in [-0.1, -0.05) is 42.8 Å². The number of benzene rings is 2. The first kappa shape index (κ1) is 33.1. The number of aromatic nitrogens is 6. The van der Waals surface area contributed by atoms with Gasteiger partial charge in [-0.15, -0.1) is 0 Å². The number of nitrogens with zero attached hydrogens (tertiary/aromatic N) is 6. The van der Waals surface area contributed by atoms with Gasteiger partial charge in [-0.25, -0.2) is 9.59 Å². The van der Waals surface area contributed by atoms with Crippen molar-refractivity contribution < 1.29 is 19.4 Å². The molecule has 0 fully saturated rings. The van der Waals surface area contributed by atoms with Crippen LogP contribution in [0.15, 0.2) is 73.3 Å². The van der Waals surface area contributed by atoms with Crippen molar-refractivity contribution in [1.29, 1.82) is 0 Å². The highest BCUT2D eigenvalue weighted by Crippen LogP contribution is 2.20. The lowest BCUT2D eigenvalue weighted by molar-refractivity contribution is 0.0525. The Kier molecular flexibility index (Phi) is 10.5. The minimum Gasteiger partial charge on any atom is -0.478 e. The highest BCUT2D eigenvalue weighted by molar-refractivity contribution is 6.31. The van der Waals surface area contributed by atoms with Crippen LogP contribution in [0.2, 0.25) is 10.0 Å². The third-order valence-electron chi connectivity index (χ3n) is 6.73. The van der Waals surface area contributed by atoms with Crippen molar-refractivity contribution in [2.24, 2.45) is 0 Å². The zero-order valence-corrected chi connectivity index (χ0v) is 25.7. The smallest absolute Gasteiger partial charge is 0.341 e. The molecule has 4 heterocycles. The van der Waals surface area contributed by atoms with Gasteiger partial charge in [0.1, 0.15) is 11.1 Å². The van der Waals surface area contributed by atoms with Crippen LogP contribution in [-0.4, -0.2) is 53.2 Å². The Morgan fingerprint density at radius 3 is 1.69 bits per heavy atom. The summed E-state index contributed by atoms with van der Waals surface area (Å²) >= 11 is 11.9. The summed E-state index contributed by atoms with van der Waals surface area (Å²) in [4.78, 5) is 31.4. The number of carbonyl (C=O) groups excluding carboxylic acids is 1. The van der Waals surface area contributed by atoms with E-state index in [0.717, 1.165) is 32.9 Å². The molecule has 1 N–H and O–H groups in total. The molecule has 0 aliphatic heterocycles. The highest BCUT2D eigenvalue weighted by Gasteiger charge is 2.15. The first-order valence-corrected chi connectivity index (χ1v) is 14.4. The Morgan fingerprint density at radius 1 is 0.778 bits per heavy atom. The predicted octanol–water partition coefficient (Wildman–Crippen LogP) is 7.39. The molecular weight excluding hydrogens is 615 g/mol. The molecule has 0 aliphatic rings. The molecule has 10 nitrogen and oxygen atoms in total. The molecule has 6 aromatic rings. The summed E-state index contributed by atoms with van der Waals surface area (Å²) in [5, 5.41) is 20.8. The summed E-state index contributed by atoms with van der Waals surface area (Å²) in [6.07, 6.45) is 6.50. The van der Waals surface area contributed by atoms with Crippen LogP contribution in [0.1, 0.15) is 57.6 Å². The molecule has 0 aliphatic carbocycles. The molecule has 0 unspecified atom stereocenters. The number of ether oxygens (including phenoxy) is 1. The summed E-state index contributed by atoms with van der Waals surface area (Å²) in [6, 6.07) is 15.5. The first-order chi connectivity index (χ1) is 21.1. The van der Waals surface area contributed by atoms with Crippen LogP contribution in [0.3, 0.4) is 0 Å². The zero-order valence-electron chi connectivity index (χ0n) is 24.2. The van der Waals surface area contributed by atoms with Gasteiger partial charge in [0.15, 0.2) is 0 Å². The number of carboxylic acid groups (broad SMARTS) is 1. The maximum absolute atomic E-state index is 11.8. The lowest BCUT2D eigenvalue weighted by Gasteiger charge is -2.04. The van der Waals surface area contributed by atoms with Crippen LogP contribution in [0, 0.1) is 13.8 Å². The van der Waals surface area contributed by atoms with E-state index in [1.54, 1.807) is 48.7 Å². The van der Waals surface area contributed by atoms with Crippen molar-refractivity contribution in [3.63, 3.8) is 0 Å². The Labute approximate surface area is 270 Å². The number of carbonyl (C=O) groups is 2. The van der Waals surface area contributed by atoms with Crippen molar-refractivity contribution in [2.45, 2.75) is 41.3 Å². The molecule has 0 saturated carbocycles. The maximum atomic E-state index is 11.8. The molecule has 0 amide bonds. The second-order valence-electron chi connectivity index (χ2n) is 10.0. The molecule has 0 bridgehead atoms. The van der Waals surface area contributed by atoms with Crippen LogP contribution in [0.4, 0.5) is 0 Å². The van der Waals surface area contributed by atoms with E-state index >= 15 is 0 Å². The molecule has 0 saturated heterocycles. The van der Waals surface area contributed by atoms with E-state index in [4.69, 9.17) is 33.0 Å². The van der Waals surface area contributed by atoms with Crippen molar-refractivity contribution in [3.8, 4) is 0 Å². The van der Waals surface area contributed by atoms with Crippen LogP contribution in [0.25, 0.3) is 21.8 Å². The molecule has 2 aromatic carbocycles. The van der Waals surface area contributed by atoms with Crippen molar-refractivity contribution >= 4 is 56.9 Å². The van der Waals surface area contributed by atoms with Crippen molar-refractivity contribution in [1.82, 2.24) is 29.5 Å². The third kappa shape index (κ3) is 8.03. The van der Waals surface area contributed by atoms with E-state index < -0.39 is 5.97 Å². The fraction of sp³-hybridized carbons (Fsp3) is 0.212. The first-order valence-electron chi connectivity index (χ1n) is 13.7. The van der Waals surface area contributed by atoms with Crippen LogP contribution < -0.4 is 0 Å². The van der Waals surface area contributed by atoms with Gasteiger partial charge in [-0.2, -0.15) is 10.2 Å². The molecule has 232 valence electrons. The number of hydrogen-bond acceptors (Lipinski definition) is 7. The average Bonchev–Trinajstić information content (AvgIpc) is 3.54. The number of hydrogen-bond donors (Lipinski definition) is 1. The van der Waals surface area contributed by atoms with Gasteiger partial charge in [-0.05, 0) is 68.3 Å². The number of pyridine rings is 2. The Balaban J connectivity index is 0.000000201. The Morgan fingerprint density at radius 2 is 1.24 bits per heavy atom. The van der Waals surface area contributed by atoms with Crippen molar-refractivity contribution in [3.05, 3.63) is 117 Å². The number of halogens is 2. The second kappa shape index (κ2) is 14.3. The number of fused-ring (bicyclic) bond motifs is 2. The molecule has 6 rings (SSSR count). The minimum absolute atomic E-state index is 0. The maximum Gasteiger partial charge on any atom is 0.341 e. The van der Waals surface area contributed by atoms with Gasteiger partial charge in [0.05, 0.1) is 52.2 Å². The number of carboxylic acids is 1. The van der Waals surface area contributed by atoms with Gasteiger partial charge in [0.2, 0.25) is 0 Å². The van der Waals surface area contributed by atoms with E-state index in [0.29, 0.717) is 46.7 Å². The number of esters is 1. The monoisotopic (exact) mass is 646 g/mol. The summed E-state index contributed by atoms with van der Waals surface area (Å²) in [7, 11) is 0. The van der Waals surface area contributed by atoms with E-state index in [1.165, 1.54) is 6.20 Å². The van der Waals surface area contributed by atoms with Gasteiger partial charge in [-0.3, -0.25) is 19.3 Å². The highest BCUT2D eigenvalue weighted by atomic mass is 35.5. The predicted molar refractivity (Wildman–Crippen MR) is 175 cm³/mol. The van der Waals surface area contributed by atoms with E-state index in [2.05, 4.69) is 20.2 Å². The quantitative estimate of drug-likeness (QED) is 0.178. The van der Waals surface area contributed by atoms with Crippen LogP contribution >= 0.6 is 23.2 Å². The molecule has 0 spiro atoms. The lowest BCUT2D eigenvalue weighted by atomic mass is 10.1. The zero-order chi connectivity index (χ0) is 31.4. The molecule has 0 radical (unpaired) electrons. The summed E-state index contributed by atoms with van der Waals surface area (Å²) in [5.74, 6) is -1.31. The fourth-order valence-corrected chi connectivity index (χ4v) is 5.03. The van der Waals surface area contributed by atoms with Gasteiger partial charge in [0, 0.05) is 35.6 Å². The normalized spacial score (nSPS) is 10.7. The lowest BCUT2D eigenvalue weighted by Crippen LogP contribution is -2.05. The summed E-state index contributed by atoms with van der Waals surface area (Å²) < 4.78 is 8.39. The Bertz CT molecular complexity index is 2000. The standard InChI is InChI=1S/C17H16ClN3O2.C15H12ClN3O2.CH4/c1-3-23-17(22)15-10-21(20-11(15)2)9-12-4-5-16-13(6-12)7-14(18)8-19-16;1-9-13(15(20)21)8-19(18-9)7-10-2-3-14-11(4-10)5-12(16)6-17-14;/h4-8,10H,3,9H2,1-2H3;2-6,8H,7H2,1H3,(H,20,21);1H4. The third-order valence-corrected chi connectivity index (χ3v) is 7.15. The topological polar surface area (TPSA) is 125 Å². The largest absolute Gasteiger partial charge is 0.478 e. The molecule has 45 heavy (non-hydrogen) atoms. The molecule has 12 heteroatoms. The van der Waals surface area contributed by atoms with Gasteiger partial charge in [0.25, 0.3) is 0 Å². The average molecular weight is 648 g/mol. The van der Waals surface area contributed by atoms with Crippen molar-refractivity contribution in [2.75, 3.05) is 6.61 Å². The van der Waals surface area contributed by atoms with Crippen LogP contribution in [0.5, 0.6) is 0 Å². The Hall–Kier alpha value is -4.80. The van der Waals surface area contributed by atoms with Crippen LogP contribution in [-0.2, 0) is 17.8 Å². The van der Waals surface area contributed by atoms with E-state index in [1.807, 2.05) is 48.5 Å². The van der Waals surface area contributed by atoms with E-state index in [-0.39, 0.29) is 19.0 Å². The summed E-state index contributed by atoms with van der Waals surface area (Å²) in [6.45, 7) is 6.67. The number of rotatable bonds is 7. The SMILES string of the molecule is C.CCOC(=O)c1cn(Cc2ccc3ncc(Cl)cc3c2)nc1C.Cc1nn(Cc2ccc3ncc(Cl)cc3c2)cc1C(=O)O. The van der Waals surface area contributed by atoms with Gasteiger partial charge >= 0.3 is 11.9 Å². The summed E-state index contributed by atoms with van der Waals surface area (Å²) in [5.41, 5.74) is 5.71. The minimum atomic E-state index is -0.965.